The summed E-state index contributed by atoms with van der Waals surface area (Å²) in [7, 11) is -3.79. The lowest BCUT2D eigenvalue weighted by Gasteiger charge is -2.25. The van der Waals surface area contributed by atoms with Gasteiger partial charge in [-0.05, 0) is 67.1 Å². The fourth-order valence-electron chi connectivity index (χ4n) is 4.57. The molecule has 0 bridgehead atoms. The Kier molecular flexibility index (Phi) is 7.59. The fourth-order valence-corrected chi connectivity index (χ4v) is 6.22. The number of aromatic nitrogens is 4. The first kappa shape index (κ1) is 28.6. The fraction of sp³-hybridized carbons (Fsp3) is 0.241. The molecule has 0 spiro atoms. The number of nitriles is 1. The van der Waals surface area contributed by atoms with Crippen molar-refractivity contribution in [2.24, 2.45) is 5.16 Å². The molecular formula is C29H28N8O4S. The molecule has 1 atom stereocenters. The molecule has 0 aliphatic carbocycles. The zero-order valence-electron chi connectivity index (χ0n) is 23.1. The van der Waals surface area contributed by atoms with Gasteiger partial charge in [0, 0.05) is 28.8 Å². The molecule has 13 heteroatoms. The van der Waals surface area contributed by atoms with Gasteiger partial charge >= 0.3 is 0 Å². The Morgan fingerprint density at radius 1 is 1.07 bits per heavy atom. The van der Waals surface area contributed by atoms with Gasteiger partial charge in [0.2, 0.25) is 15.6 Å². The average molecular weight is 585 g/mol. The Morgan fingerprint density at radius 3 is 2.52 bits per heavy atom. The van der Waals surface area contributed by atoms with E-state index in [1.165, 1.54) is 11.0 Å². The van der Waals surface area contributed by atoms with E-state index in [0.29, 0.717) is 33.7 Å². The van der Waals surface area contributed by atoms with Crippen LogP contribution in [0.3, 0.4) is 0 Å². The number of anilines is 1. The molecule has 1 amide bonds. The highest BCUT2D eigenvalue weighted by Crippen LogP contribution is 2.32. The Bertz CT molecular complexity index is 1790. The molecular weight excluding hydrogens is 556 g/mol. The molecule has 1 aliphatic heterocycles. The van der Waals surface area contributed by atoms with Crippen molar-refractivity contribution < 1.29 is 18.0 Å². The zero-order valence-corrected chi connectivity index (χ0v) is 24.0. The summed E-state index contributed by atoms with van der Waals surface area (Å²) in [6.07, 6.45) is 1.49. The maximum absolute atomic E-state index is 13.7. The second kappa shape index (κ2) is 11.2. The first-order valence-corrected chi connectivity index (χ1v) is 14.5. The van der Waals surface area contributed by atoms with Crippen molar-refractivity contribution in [3.8, 4) is 17.2 Å². The van der Waals surface area contributed by atoms with E-state index in [1.54, 1.807) is 93.6 Å². The van der Waals surface area contributed by atoms with Crippen molar-refractivity contribution in [2.45, 2.75) is 49.8 Å². The maximum atomic E-state index is 13.7. The van der Waals surface area contributed by atoms with Gasteiger partial charge in [-0.3, -0.25) is 4.79 Å². The number of nitrogens with one attached hydrogen (secondary N) is 2. The molecule has 214 valence electrons. The Morgan fingerprint density at radius 2 is 1.83 bits per heavy atom. The highest BCUT2D eigenvalue weighted by Gasteiger charge is 2.48. The van der Waals surface area contributed by atoms with Gasteiger partial charge < -0.3 is 10.2 Å². The van der Waals surface area contributed by atoms with Crippen LogP contribution in [0.2, 0.25) is 0 Å². The Labute approximate surface area is 243 Å². The minimum absolute atomic E-state index is 0.0130. The van der Waals surface area contributed by atoms with Crippen molar-refractivity contribution in [1.82, 2.24) is 24.9 Å². The molecule has 0 saturated carbocycles. The van der Waals surface area contributed by atoms with Crippen LogP contribution in [-0.2, 0) is 26.2 Å². The van der Waals surface area contributed by atoms with E-state index in [4.69, 9.17) is 4.84 Å². The van der Waals surface area contributed by atoms with Gasteiger partial charge in [0.05, 0.1) is 28.8 Å². The van der Waals surface area contributed by atoms with Crippen molar-refractivity contribution in [3.05, 3.63) is 90.3 Å². The number of benzene rings is 3. The second-order valence-corrected chi connectivity index (χ2v) is 12.5. The molecule has 3 aromatic carbocycles. The van der Waals surface area contributed by atoms with E-state index in [2.05, 4.69) is 36.8 Å². The minimum Gasteiger partial charge on any atom is -0.376 e. The van der Waals surface area contributed by atoms with Crippen LogP contribution in [0.4, 0.5) is 5.69 Å². The number of hydrogen-bond donors (Lipinski definition) is 2. The first-order chi connectivity index (χ1) is 20.0. The molecule has 12 nitrogen and oxygen atoms in total. The summed E-state index contributed by atoms with van der Waals surface area (Å²) >= 11 is 0. The quantitative estimate of drug-likeness (QED) is 0.318. The third-order valence-electron chi connectivity index (χ3n) is 6.40. The van der Waals surface area contributed by atoms with Crippen LogP contribution < -0.4 is 10.0 Å². The van der Waals surface area contributed by atoms with Crippen LogP contribution in [0.1, 0.15) is 38.3 Å². The summed E-state index contributed by atoms with van der Waals surface area (Å²) in [4.78, 5) is 19.6. The summed E-state index contributed by atoms with van der Waals surface area (Å²) in [5, 5.41) is 27.5. The SMILES string of the molecule is CC(C)(C)NS(=O)(=O)c1ccccc1-c1ccc(NC(=O)C2(Cn3cnnn3)CC(c3cccc(C#N)c3)=NO2)cc1. The zero-order chi connectivity index (χ0) is 30.0. The monoisotopic (exact) mass is 584 g/mol. The molecule has 5 rings (SSSR count). The topological polar surface area (TPSA) is 164 Å². The third-order valence-corrected chi connectivity index (χ3v) is 8.22. The van der Waals surface area contributed by atoms with Gasteiger partial charge in [0.15, 0.2) is 0 Å². The lowest BCUT2D eigenvalue weighted by atomic mass is 9.92. The highest BCUT2D eigenvalue weighted by atomic mass is 32.2. The number of sulfonamides is 1. The molecule has 0 saturated heterocycles. The van der Waals surface area contributed by atoms with Crippen molar-refractivity contribution >= 4 is 27.3 Å². The largest absolute Gasteiger partial charge is 0.376 e. The highest BCUT2D eigenvalue weighted by molar-refractivity contribution is 7.89. The Hall–Kier alpha value is -4.93. The lowest BCUT2D eigenvalue weighted by Crippen LogP contribution is -2.47. The number of oxime groups is 1. The van der Waals surface area contributed by atoms with E-state index < -0.39 is 27.1 Å². The van der Waals surface area contributed by atoms with E-state index in [9.17, 15) is 18.5 Å². The third kappa shape index (κ3) is 6.19. The normalized spacial score (nSPS) is 16.8. The predicted octanol–water partition coefficient (Wildman–Crippen LogP) is 3.49. The maximum Gasteiger partial charge on any atom is 0.273 e. The summed E-state index contributed by atoms with van der Waals surface area (Å²) in [6, 6.07) is 22.6. The summed E-state index contributed by atoms with van der Waals surface area (Å²) in [6.45, 7) is 5.33. The molecule has 1 aliphatic rings. The van der Waals surface area contributed by atoms with Crippen LogP contribution in [0.15, 0.2) is 89.2 Å². The van der Waals surface area contributed by atoms with E-state index in [-0.39, 0.29) is 17.9 Å². The second-order valence-electron chi connectivity index (χ2n) is 10.9. The van der Waals surface area contributed by atoms with Crippen molar-refractivity contribution in [3.63, 3.8) is 0 Å². The van der Waals surface area contributed by atoms with E-state index in [0.717, 1.165) is 0 Å². The molecule has 0 fully saturated rings. The summed E-state index contributed by atoms with van der Waals surface area (Å²) < 4.78 is 30.3. The number of carbonyl (C=O) groups is 1. The van der Waals surface area contributed by atoms with Gasteiger partial charge in [-0.2, -0.15) is 5.26 Å². The Balaban J connectivity index is 1.39. The van der Waals surface area contributed by atoms with Crippen LogP contribution in [0, 0.1) is 11.3 Å². The molecule has 1 unspecified atom stereocenters. The van der Waals surface area contributed by atoms with Crippen LogP contribution >= 0.6 is 0 Å². The van der Waals surface area contributed by atoms with Crippen LogP contribution in [0.25, 0.3) is 11.1 Å². The molecule has 0 radical (unpaired) electrons. The smallest absolute Gasteiger partial charge is 0.273 e. The van der Waals surface area contributed by atoms with Gasteiger partial charge in [-0.1, -0.05) is 47.6 Å². The molecule has 1 aromatic heterocycles. The molecule has 2 N–H and O–H groups in total. The number of hydrogen-bond acceptors (Lipinski definition) is 9. The van der Waals surface area contributed by atoms with Crippen LogP contribution in [0.5, 0.6) is 0 Å². The van der Waals surface area contributed by atoms with Gasteiger partial charge in [0.1, 0.15) is 6.33 Å². The number of carbonyl (C=O) groups excluding carboxylic acids is 1. The number of rotatable bonds is 8. The van der Waals surface area contributed by atoms with Gasteiger partial charge in [-0.25, -0.2) is 17.8 Å². The number of tetrazole rings is 1. The molecule has 4 aromatic rings. The van der Waals surface area contributed by atoms with Crippen molar-refractivity contribution in [2.75, 3.05) is 5.32 Å². The van der Waals surface area contributed by atoms with Gasteiger partial charge in [0.25, 0.3) is 5.91 Å². The van der Waals surface area contributed by atoms with Gasteiger partial charge in [-0.15, -0.1) is 5.10 Å². The molecule has 2 heterocycles. The lowest BCUT2D eigenvalue weighted by molar-refractivity contribution is -0.140. The summed E-state index contributed by atoms with van der Waals surface area (Å²) in [5.74, 6) is -0.474. The molecule has 42 heavy (non-hydrogen) atoms. The average Bonchev–Trinajstić information content (AvgIpc) is 3.63. The van der Waals surface area contributed by atoms with E-state index >= 15 is 0 Å². The number of nitrogens with zero attached hydrogens (tertiary/aromatic N) is 6. The summed E-state index contributed by atoms with van der Waals surface area (Å²) in [5.41, 5.74) is 1.17. The van der Waals surface area contributed by atoms with E-state index in [1.807, 2.05) is 0 Å². The standard InChI is InChI=1S/C29H28N8O4S/c1-28(2,3)34-42(39,40)26-10-5-4-9-24(26)21-11-13-23(14-12-21)32-27(38)29(18-37-19-31-35-36-37)16-25(33-41-29)22-8-6-7-20(15-22)17-30/h4-15,19,34H,16,18H2,1-3H3,(H,32,38). The number of amides is 1. The minimum atomic E-state index is -3.79. The predicted molar refractivity (Wildman–Crippen MR) is 155 cm³/mol. The first-order valence-electron chi connectivity index (χ1n) is 13.0. The van der Waals surface area contributed by atoms with Crippen LogP contribution in [-0.4, -0.2) is 51.4 Å². The van der Waals surface area contributed by atoms with Crippen molar-refractivity contribution in [1.29, 1.82) is 5.26 Å².